The van der Waals surface area contributed by atoms with Gasteiger partial charge in [-0.3, -0.25) is 0 Å². The molecule has 4 nitrogen and oxygen atoms in total. The Morgan fingerprint density at radius 2 is 2.38 bits per heavy atom. The van der Waals surface area contributed by atoms with Crippen LogP contribution in [0.4, 0.5) is 5.82 Å². The van der Waals surface area contributed by atoms with Crippen LogP contribution in [-0.2, 0) is 0 Å². The van der Waals surface area contributed by atoms with Gasteiger partial charge >= 0.3 is 0 Å². The summed E-state index contributed by atoms with van der Waals surface area (Å²) in [7, 11) is 0. The molecule has 1 fully saturated rings. The Bertz CT molecular complexity index is 350. The molecule has 0 radical (unpaired) electrons. The summed E-state index contributed by atoms with van der Waals surface area (Å²) in [5.41, 5.74) is 6.94. The fraction of sp³-hybridized carbons (Fsp3) is 0.583. The van der Waals surface area contributed by atoms with E-state index in [2.05, 4.69) is 9.88 Å². The Morgan fingerprint density at radius 3 is 2.94 bits per heavy atom. The Hall–Kier alpha value is -1.13. The molecule has 0 spiro atoms. The first-order valence-corrected chi connectivity index (χ1v) is 5.81. The van der Waals surface area contributed by atoms with Crippen LogP contribution in [0.25, 0.3) is 0 Å². The van der Waals surface area contributed by atoms with Crippen LogP contribution in [0.2, 0.25) is 0 Å². The van der Waals surface area contributed by atoms with Gasteiger partial charge in [-0.1, -0.05) is 0 Å². The summed E-state index contributed by atoms with van der Waals surface area (Å²) >= 11 is 0. The molecule has 0 amide bonds. The molecule has 16 heavy (non-hydrogen) atoms. The molecule has 88 valence electrons. The maximum Gasteiger partial charge on any atom is 0.129 e. The van der Waals surface area contributed by atoms with Crippen molar-refractivity contribution in [1.82, 2.24) is 4.98 Å². The predicted octanol–water partition coefficient (Wildman–Crippen LogP) is 1.06. The molecule has 1 atom stereocenters. The first-order valence-electron chi connectivity index (χ1n) is 5.81. The second kappa shape index (κ2) is 4.80. The van der Waals surface area contributed by atoms with Gasteiger partial charge in [0.2, 0.25) is 0 Å². The summed E-state index contributed by atoms with van der Waals surface area (Å²) in [6, 6.07) is 4.55. The van der Waals surface area contributed by atoms with E-state index in [1.54, 1.807) is 6.20 Å². The molecule has 1 aromatic heterocycles. The van der Waals surface area contributed by atoms with Crippen LogP contribution in [0, 0.1) is 0 Å². The van der Waals surface area contributed by atoms with Crippen molar-refractivity contribution in [3.8, 4) is 0 Å². The standard InChI is InChI=1S/C12H19N3O/c1-9(13)10-4-5-14-12(8-10)15(6-7-16)11-2-3-11/h4-5,8-9,11,16H,2-3,6-7,13H2,1H3. The number of nitrogens with zero attached hydrogens (tertiary/aromatic N) is 2. The zero-order valence-electron chi connectivity index (χ0n) is 9.63. The van der Waals surface area contributed by atoms with Crippen LogP contribution in [0.1, 0.15) is 31.4 Å². The van der Waals surface area contributed by atoms with Crippen LogP contribution in [-0.4, -0.2) is 29.3 Å². The fourth-order valence-electron chi connectivity index (χ4n) is 1.85. The minimum atomic E-state index is 0.0249. The van der Waals surface area contributed by atoms with Gasteiger partial charge in [-0.05, 0) is 37.5 Å². The number of hydrogen-bond donors (Lipinski definition) is 2. The Morgan fingerprint density at radius 1 is 1.62 bits per heavy atom. The molecule has 0 aromatic carbocycles. The van der Waals surface area contributed by atoms with E-state index in [-0.39, 0.29) is 12.6 Å². The molecule has 1 aliphatic carbocycles. The minimum Gasteiger partial charge on any atom is -0.395 e. The van der Waals surface area contributed by atoms with Crippen molar-refractivity contribution < 1.29 is 5.11 Å². The quantitative estimate of drug-likeness (QED) is 0.780. The summed E-state index contributed by atoms with van der Waals surface area (Å²) < 4.78 is 0. The lowest BCUT2D eigenvalue weighted by molar-refractivity contribution is 0.301. The van der Waals surface area contributed by atoms with Crippen LogP contribution >= 0.6 is 0 Å². The third kappa shape index (κ3) is 2.51. The minimum absolute atomic E-state index is 0.0249. The topological polar surface area (TPSA) is 62.4 Å². The molecule has 3 N–H and O–H groups in total. The first-order chi connectivity index (χ1) is 7.72. The average Bonchev–Trinajstić information content (AvgIpc) is 3.10. The van der Waals surface area contributed by atoms with Crippen LogP contribution in [0.3, 0.4) is 0 Å². The lowest BCUT2D eigenvalue weighted by Gasteiger charge is -2.23. The van der Waals surface area contributed by atoms with Gasteiger partial charge in [-0.2, -0.15) is 0 Å². The molecule has 1 aliphatic rings. The van der Waals surface area contributed by atoms with E-state index in [1.165, 1.54) is 12.8 Å². The highest BCUT2D eigenvalue weighted by atomic mass is 16.3. The van der Waals surface area contributed by atoms with Crippen molar-refractivity contribution in [3.63, 3.8) is 0 Å². The molecule has 0 aliphatic heterocycles. The molecule has 1 unspecified atom stereocenters. The normalized spacial score (nSPS) is 17.2. The van der Waals surface area contributed by atoms with Crippen molar-refractivity contribution >= 4 is 5.82 Å². The largest absolute Gasteiger partial charge is 0.395 e. The van der Waals surface area contributed by atoms with Gasteiger partial charge in [-0.15, -0.1) is 0 Å². The Kier molecular flexibility index (Phi) is 3.41. The maximum absolute atomic E-state index is 9.06. The van der Waals surface area contributed by atoms with E-state index >= 15 is 0 Å². The lowest BCUT2D eigenvalue weighted by Crippen LogP contribution is -2.29. The van der Waals surface area contributed by atoms with Crippen molar-refractivity contribution in [2.45, 2.75) is 31.8 Å². The number of aliphatic hydroxyl groups is 1. The number of pyridine rings is 1. The SMILES string of the molecule is CC(N)c1ccnc(N(CCO)C2CC2)c1. The lowest BCUT2D eigenvalue weighted by atomic mass is 10.1. The second-order valence-corrected chi connectivity index (χ2v) is 4.38. The zero-order chi connectivity index (χ0) is 11.5. The fourth-order valence-corrected chi connectivity index (χ4v) is 1.85. The van der Waals surface area contributed by atoms with Gasteiger partial charge in [0.25, 0.3) is 0 Å². The zero-order valence-corrected chi connectivity index (χ0v) is 9.63. The van der Waals surface area contributed by atoms with E-state index < -0.39 is 0 Å². The number of aromatic nitrogens is 1. The highest BCUT2D eigenvalue weighted by Crippen LogP contribution is 2.30. The van der Waals surface area contributed by atoms with Crippen LogP contribution in [0.5, 0.6) is 0 Å². The summed E-state index contributed by atoms with van der Waals surface area (Å²) in [6.45, 7) is 2.78. The molecule has 4 heteroatoms. The van der Waals surface area contributed by atoms with Gasteiger partial charge in [0.15, 0.2) is 0 Å². The molecule has 1 aromatic rings. The number of anilines is 1. The average molecular weight is 221 g/mol. The smallest absolute Gasteiger partial charge is 0.129 e. The number of hydrogen-bond acceptors (Lipinski definition) is 4. The number of nitrogens with two attached hydrogens (primary N) is 1. The molecule has 0 bridgehead atoms. The van der Waals surface area contributed by atoms with Gasteiger partial charge in [0.1, 0.15) is 5.82 Å². The second-order valence-electron chi connectivity index (χ2n) is 4.38. The third-order valence-corrected chi connectivity index (χ3v) is 2.92. The van der Waals surface area contributed by atoms with Crippen molar-refractivity contribution in [3.05, 3.63) is 23.9 Å². The van der Waals surface area contributed by atoms with Crippen molar-refractivity contribution in [2.24, 2.45) is 5.73 Å². The molecular formula is C12H19N3O. The van der Waals surface area contributed by atoms with E-state index in [4.69, 9.17) is 10.8 Å². The molecule has 0 saturated heterocycles. The van der Waals surface area contributed by atoms with E-state index in [0.717, 1.165) is 11.4 Å². The van der Waals surface area contributed by atoms with Gasteiger partial charge in [0.05, 0.1) is 6.61 Å². The highest BCUT2D eigenvalue weighted by Gasteiger charge is 2.29. The maximum atomic E-state index is 9.06. The van der Waals surface area contributed by atoms with Crippen molar-refractivity contribution in [2.75, 3.05) is 18.1 Å². The van der Waals surface area contributed by atoms with Gasteiger partial charge in [-0.25, -0.2) is 4.98 Å². The predicted molar refractivity (Wildman–Crippen MR) is 64.3 cm³/mol. The highest BCUT2D eigenvalue weighted by molar-refractivity contribution is 5.44. The summed E-state index contributed by atoms with van der Waals surface area (Å²) in [5, 5.41) is 9.06. The van der Waals surface area contributed by atoms with Gasteiger partial charge in [0, 0.05) is 24.8 Å². The van der Waals surface area contributed by atoms with E-state index in [0.29, 0.717) is 12.6 Å². The van der Waals surface area contributed by atoms with E-state index in [1.807, 2.05) is 19.1 Å². The van der Waals surface area contributed by atoms with Crippen LogP contribution < -0.4 is 10.6 Å². The number of aliphatic hydroxyl groups excluding tert-OH is 1. The summed E-state index contributed by atoms with van der Waals surface area (Å²) in [5.74, 6) is 0.936. The summed E-state index contributed by atoms with van der Waals surface area (Å²) in [4.78, 5) is 6.53. The van der Waals surface area contributed by atoms with Gasteiger partial charge < -0.3 is 15.7 Å². The van der Waals surface area contributed by atoms with Crippen molar-refractivity contribution in [1.29, 1.82) is 0 Å². The molecule has 2 rings (SSSR count). The van der Waals surface area contributed by atoms with E-state index in [9.17, 15) is 0 Å². The molecular weight excluding hydrogens is 202 g/mol. The molecule has 1 heterocycles. The van der Waals surface area contributed by atoms with Crippen LogP contribution in [0.15, 0.2) is 18.3 Å². The molecule has 1 saturated carbocycles. The third-order valence-electron chi connectivity index (χ3n) is 2.92. The Labute approximate surface area is 96.1 Å². The first kappa shape index (κ1) is 11.4. The number of rotatable bonds is 5. The Balaban J connectivity index is 2.19. The summed E-state index contributed by atoms with van der Waals surface area (Å²) in [6.07, 6.45) is 4.19. The monoisotopic (exact) mass is 221 g/mol.